The van der Waals surface area contributed by atoms with Gasteiger partial charge in [0.05, 0.1) is 16.9 Å². The van der Waals surface area contributed by atoms with Crippen molar-refractivity contribution >= 4 is 45.0 Å². The van der Waals surface area contributed by atoms with E-state index >= 15 is 0 Å². The molecule has 0 fully saturated rings. The second kappa shape index (κ2) is 6.10. The van der Waals surface area contributed by atoms with Crippen molar-refractivity contribution in [2.75, 3.05) is 5.32 Å². The summed E-state index contributed by atoms with van der Waals surface area (Å²) in [6.45, 7) is 1.89. The van der Waals surface area contributed by atoms with Crippen molar-refractivity contribution in [3.05, 3.63) is 38.8 Å². The van der Waals surface area contributed by atoms with Crippen LogP contribution in [-0.4, -0.2) is 26.6 Å². The van der Waals surface area contributed by atoms with E-state index in [1.54, 1.807) is 0 Å². The molecule has 2 rings (SSSR count). The zero-order chi connectivity index (χ0) is 14.7. The zero-order valence-electron chi connectivity index (χ0n) is 10.4. The van der Waals surface area contributed by atoms with Crippen LogP contribution in [0.15, 0.2) is 22.7 Å². The topological polar surface area (TPSA) is 92.2 Å². The average molecular weight is 356 g/mol. The van der Waals surface area contributed by atoms with E-state index in [1.807, 2.05) is 6.92 Å². The van der Waals surface area contributed by atoms with Crippen LogP contribution < -0.4 is 5.32 Å². The Morgan fingerprint density at radius 1 is 1.45 bits per heavy atom. The van der Waals surface area contributed by atoms with Gasteiger partial charge in [-0.3, -0.25) is 4.79 Å². The first kappa shape index (κ1) is 14.6. The number of benzene rings is 1. The van der Waals surface area contributed by atoms with E-state index in [0.29, 0.717) is 27.2 Å². The Morgan fingerprint density at radius 2 is 2.20 bits per heavy atom. The number of carboxylic acid groups (broad SMARTS) is 1. The Bertz CT molecular complexity index is 672. The van der Waals surface area contributed by atoms with Crippen molar-refractivity contribution in [1.82, 2.24) is 9.59 Å². The van der Waals surface area contributed by atoms with Gasteiger partial charge < -0.3 is 10.4 Å². The molecule has 1 aromatic carbocycles. The van der Waals surface area contributed by atoms with E-state index in [2.05, 4.69) is 30.8 Å². The number of rotatable bonds is 4. The Balaban J connectivity index is 2.22. The lowest BCUT2D eigenvalue weighted by Gasteiger charge is -2.07. The van der Waals surface area contributed by atoms with Crippen LogP contribution in [-0.2, 0) is 6.42 Å². The number of nitrogens with one attached hydrogen (secondary N) is 1. The van der Waals surface area contributed by atoms with Crippen LogP contribution in [0.2, 0.25) is 0 Å². The fraction of sp³-hybridized carbons (Fsp3) is 0.167. The fourth-order valence-corrected chi connectivity index (χ4v) is 2.66. The molecule has 0 saturated heterocycles. The molecule has 0 spiro atoms. The highest BCUT2D eigenvalue weighted by atomic mass is 79.9. The maximum absolute atomic E-state index is 12.1. The average Bonchev–Trinajstić information content (AvgIpc) is 2.89. The molecule has 0 unspecified atom stereocenters. The summed E-state index contributed by atoms with van der Waals surface area (Å²) >= 11 is 4.27. The highest BCUT2D eigenvalue weighted by Gasteiger charge is 2.16. The summed E-state index contributed by atoms with van der Waals surface area (Å²) in [4.78, 5) is 23.4. The Morgan fingerprint density at radius 3 is 2.80 bits per heavy atom. The number of carbonyl (C=O) groups is 2. The predicted octanol–water partition coefficient (Wildman–Crippen LogP) is 2.81. The molecule has 0 aliphatic heterocycles. The van der Waals surface area contributed by atoms with Gasteiger partial charge in [-0.25, -0.2) is 4.79 Å². The van der Waals surface area contributed by atoms with Crippen LogP contribution in [0.3, 0.4) is 0 Å². The van der Waals surface area contributed by atoms with Gasteiger partial charge >= 0.3 is 5.97 Å². The SMILES string of the molecule is CCc1nnsc1C(=O)Nc1ccc(C(=O)O)cc1Br. The second-order valence-electron chi connectivity index (χ2n) is 3.86. The molecule has 104 valence electrons. The monoisotopic (exact) mass is 355 g/mol. The third-order valence-corrected chi connectivity index (χ3v) is 3.98. The van der Waals surface area contributed by atoms with Crippen molar-refractivity contribution in [2.45, 2.75) is 13.3 Å². The third-order valence-electron chi connectivity index (χ3n) is 2.56. The highest BCUT2D eigenvalue weighted by molar-refractivity contribution is 9.10. The number of aryl methyl sites for hydroxylation is 1. The number of aromatic carboxylic acids is 1. The summed E-state index contributed by atoms with van der Waals surface area (Å²) in [7, 11) is 0. The van der Waals surface area contributed by atoms with Crippen LogP contribution in [0.5, 0.6) is 0 Å². The van der Waals surface area contributed by atoms with Crippen LogP contribution in [0.4, 0.5) is 5.69 Å². The van der Waals surface area contributed by atoms with E-state index < -0.39 is 5.97 Å². The first-order valence-electron chi connectivity index (χ1n) is 5.68. The van der Waals surface area contributed by atoms with Crippen molar-refractivity contribution in [1.29, 1.82) is 0 Å². The maximum atomic E-state index is 12.1. The summed E-state index contributed by atoms with van der Waals surface area (Å²) < 4.78 is 4.26. The molecule has 0 atom stereocenters. The molecule has 0 aliphatic carbocycles. The molecule has 1 amide bonds. The first-order chi connectivity index (χ1) is 9.52. The summed E-state index contributed by atoms with van der Waals surface area (Å²) in [5, 5.41) is 15.5. The summed E-state index contributed by atoms with van der Waals surface area (Å²) in [5.41, 5.74) is 1.28. The first-order valence-corrected chi connectivity index (χ1v) is 7.25. The van der Waals surface area contributed by atoms with E-state index in [9.17, 15) is 9.59 Å². The predicted molar refractivity (Wildman–Crippen MR) is 78.3 cm³/mol. The number of aromatic nitrogens is 2. The molecular formula is C12H10BrN3O3S. The van der Waals surface area contributed by atoms with Crippen molar-refractivity contribution < 1.29 is 14.7 Å². The second-order valence-corrected chi connectivity index (χ2v) is 5.46. The lowest BCUT2D eigenvalue weighted by molar-refractivity contribution is 0.0696. The summed E-state index contributed by atoms with van der Waals surface area (Å²) in [6.07, 6.45) is 0.623. The van der Waals surface area contributed by atoms with Crippen molar-refractivity contribution in [3.8, 4) is 0 Å². The van der Waals surface area contributed by atoms with Crippen LogP contribution in [0.1, 0.15) is 32.6 Å². The lowest BCUT2D eigenvalue weighted by Crippen LogP contribution is -2.13. The zero-order valence-corrected chi connectivity index (χ0v) is 12.8. The number of hydrogen-bond acceptors (Lipinski definition) is 5. The molecule has 0 saturated carbocycles. The van der Waals surface area contributed by atoms with E-state index in [-0.39, 0.29) is 11.5 Å². The van der Waals surface area contributed by atoms with Gasteiger partial charge in [0.25, 0.3) is 5.91 Å². The van der Waals surface area contributed by atoms with Crippen LogP contribution >= 0.6 is 27.5 Å². The van der Waals surface area contributed by atoms with E-state index in [1.165, 1.54) is 18.2 Å². The Labute approximate surface area is 127 Å². The summed E-state index contributed by atoms with van der Waals surface area (Å²) in [6, 6.07) is 4.39. The quantitative estimate of drug-likeness (QED) is 0.879. The number of halogens is 1. The number of nitrogens with zero attached hydrogens (tertiary/aromatic N) is 2. The number of carbonyl (C=O) groups excluding carboxylic acids is 1. The molecule has 0 aliphatic rings. The number of anilines is 1. The molecule has 20 heavy (non-hydrogen) atoms. The smallest absolute Gasteiger partial charge is 0.335 e. The molecule has 0 radical (unpaired) electrons. The number of carboxylic acids is 1. The molecule has 1 aromatic heterocycles. The standard InChI is InChI=1S/C12H10BrN3O3S/c1-2-8-10(20-16-15-8)11(17)14-9-4-3-6(12(18)19)5-7(9)13/h3-5H,2H2,1H3,(H,14,17)(H,18,19). The van der Waals surface area contributed by atoms with Crippen molar-refractivity contribution in [3.63, 3.8) is 0 Å². The molecule has 1 heterocycles. The fourth-order valence-electron chi connectivity index (χ4n) is 1.54. The minimum absolute atomic E-state index is 0.142. The molecule has 6 nitrogen and oxygen atoms in total. The van der Waals surface area contributed by atoms with Crippen LogP contribution in [0.25, 0.3) is 0 Å². The Kier molecular flexibility index (Phi) is 4.46. The number of amides is 1. The minimum atomic E-state index is -1.02. The lowest BCUT2D eigenvalue weighted by atomic mass is 10.2. The maximum Gasteiger partial charge on any atom is 0.335 e. The van der Waals surface area contributed by atoms with Crippen LogP contribution in [0, 0.1) is 0 Å². The Hall–Kier alpha value is -1.80. The normalized spacial score (nSPS) is 10.3. The largest absolute Gasteiger partial charge is 0.478 e. The van der Waals surface area contributed by atoms with Gasteiger partial charge in [0.2, 0.25) is 0 Å². The summed E-state index contributed by atoms with van der Waals surface area (Å²) in [5.74, 6) is -1.33. The molecule has 2 N–H and O–H groups in total. The van der Waals surface area contributed by atoms with Gasteiger partial charge in [-0.05, 0) is 52.1 Å². The van der Waals surface area contributed by atoms with Gasteiger partial charge in [0.1, 0.15) is 4.88 Å². The highest BCUT2D eigenvalue weighted by Crippen LogP contribution is 2.25. The van der Waals surface area contributed by atoms with Gasteiger partial charge in [-0.15, -0.1) is 5.10 Å². The van der Waals surface area contributed by atoms with Gasteiger partial charge in [-0.1, -0.05) is 11.4 Å². The molecular weight excluding hydrogens is 346 g/mol. The molecule has 0 bridgehead atoms. The van der Waals surface area contributed by atoms with E-state index in [0.717, 1.165) is 11.5 Å². The minimum Gasteiger partial charge on any atom is -0.478 e. The third kappa shape index (κ3) is 3.02. The van der Waals surface area contributed by atoms with Crippen molar-refractivity contribution in [2.24, 2.45) is 0 Å². The van der Waals surface area contributed by atoms with Gasteiger partial charge in [0, 0.05) is 4.47 Å². The van der Waals surface area contributed by atoms with E-state index in [4.69, 9.17) is 5.11 Å². The molecule has 2 aromatic rings. The molecule has 8 heteroatoms. The van der Waals surface area contributed by atoms with Gasteiger partial charge in [0.15, 0.2) is 0 Å². The number of hydrogen-bond donors (Lipinski definition) is 2. The van der Waals surface area contributed by atoms with Gasteiger partial charge in [-0.2, -0.15) is 0 Å².